The third-order valence-electron chi connectivity index (χ3n) is 7.17. The number of alkyl halides is 3. The average Bonchev–Trinajstić information content (AvgIpc) is 2.97. The number of ether oxygens (including phenoxy) is 1. The SMILES string of the molecule is CCCCCCCCCCCCCCCCCCOc1ccc(CC[SH+]Cc2ccccc2)cc1.O=S(=O)([O-])C(F)(F)F. The molecule has 0 aliphatic heterocycles. The van der Waals surface area contributed by atoms with E-state index >= 15 is 0 Å². The number of aryl methyl sites for hydroxylation is 1. The molecule has 0 aliphatic rings. The van der Waals surface area contributed by atoms with Gasteiger partial charge in [-0.3, -0.25) is 0 Å². The average molecular weight is 647 g/mol. The van der Waals surface area contributed by atoms with E-state index in [1.54, 1.807) is 0 Å². The predicted molar refractivity (Wildman–Crippen MR) is 175 cm³/mol. The standard InChI is InChI=1S/C33H52OS.CHF3O3S/c1-2-3-4-5-6-7-8-9-10-11-12-13-14-15-16-20-28-34-33-25-23-31(24-26-33)27-29-35-30-32-21-18-17-19-22-32;2-1(3,4)8(5,6)7/h17-19,21-26H,2-16,20,27-30H2,1H3;(H,5,6,7). The van der Waals surface area contributed by atoms with Crippen molar-refractivity contribution in [3.63, 3.8) is 0 Å². The first-order valence-corrected chi connectivity index (χ1v) is 18.7. The van der Waals surface area contributed by atoms with E-state index in [-0.39, 0.29) is 0 Å². The summed E-state index contributed by atoms with van der Waals surface area (Å²) in [7, 11) is -6.09. The lowest BCUT2D eigenvalue weighted by molar-refractivity contribution is -0.0517. The smallest absolute Gasteiger partial charge is 0.485 e. The first-order chi connectivity index (χ1) is 20.6. The molecule has 0 unspecified atom stereocenters. The summed E-state index contributed by atoms with van der Waals surface area (Å²) in [5.41, 5.74) is -2.79. The van der Waals surface area contributed by atoms with Gasteiger partial charge >= 0.3 is 5.51 Å². The van der Waals surface area contributed by atoms with Gasteiger partial charge in [-0.15, -0.1) is 0 Å². The zero-order chi connectivity index (χ0) is 31.7. The van der Waals surface area contributed by atoms with E-state index in [2.05, 4.69) is 61.5 Å². The van der Waals surface area contributed by atoms with Gasteiger partial charge in [0.2, 0.25) is 0 Å². The molecule has 0 saturated heterocycles. The van der Waals surface area contributed by atoms with Gasteiger partial charge in [0.05, 0.1) is 6.61 Å². The van der Waals surface area contributed by atoms with Gasteiger partial charge in [-0.1, -0.05) is 146 Å². The van der Waals surface area contributed by atoms with Crippen molar-refractivity contribution in [2.75, 3.05) is 12.4 Å². The first-order valence-electron chi connectivity index (χ1n) is 16.0. The van der Waals surface area contributed by atoms with Gasteiger partial charge in [-0.25, -0.2) is 8.42 Å². The maximum atomic E-state index is 10.7. The normalized spacial score (nSPS) is 11.7. The van der Waals surface area contributed by atoms with E-state index in [0.717, 1.165) is 24.5 Å². The van der Waals surface area contributed by atoms with Crippen molar-refractivity contribution in [3.8, 4) is 5.75 Å². The summed E-state index contributed by atoms with van der Waals surface area (Å²) in [6.07, 6.45) is 23.7. The summed E-state index contributed by atoms with van der Waals surface area (Å²) in [6.45, 7) is 3.15. The number of unbranched alkanes of at least 4 members (excludes halogenated alkanes) is 15. The Morgan fingerprint density at radius 3 is 1.56 bits per heavy atom. The minimum Gasteiger partial charge on any atom is -0.741 e. The molecule has 0 N–H and O–H groups in total. The molecule has 246 valence electrons. The number of rotatable bonds is 23. The zero-order valence-corrected chi connectivity index (χ0v) is 27.7. The van der Waals surface area contributed by atoms with Crippen LogP contribution in [0.2, 0.25) is 0 Å². The molecular formula is C34H53F3O4S2. The number of benzene rings is 2. The molecule has 0 fully saturated rings. The summed E-state index contributed by atoms with van der Waals surface area (Å²) < 4.78 is 64.9. The summed E-state index contributed by atoms with van der Waals surface area (Å²) >= 11 is 1.50. The van der Waals surface area contributed by atoms with E-state index < -0.39 is 15.6 Å². The molecule has 0 amide bonds. The summed E-state index contributed by atoms with van der Waals surface area (Å²) in [4.78, 5) is 0. The molecular weight excluding hydrogens is 593 g/mol. The van der Waals surface area contributed by atoms with Crippen molar-refractivity contribution in [1.82, 2.24) is 0 Å². The van der Waals surface area contributed by atoms with E-state index in [0.29, 0.717) is 0 Å². The Labute approximate surface area is 263 Å². The Kier molecular flexibility index (Phi) is 22.5. The molecule has 0 heterocycles. The molecule has 0 aliphatic carbocycles. The second kappa shape index (κ2) is 24.6. The molecule has 0 radical (unpaired) electrons. The largest absolute Gasteiger partial charge is 0.741 e. The van der Waals surface area contributed by atoms with Crippen molar-refractivity contribution in [2.45, 2.75) is 127 Å². The highest BCUT2D eigenvalue weighted by molar-refractivity contribution is 7.86. The van der Waals surface area contributed by atoms with Crippen LogP contribution in [0.1, 0.15) is 121 Å². The van der Waals surface area contributed by atoms with Gasteiger partial charge in [-0.05, 0) is 35.9 Å². The van der Waals surface area contributed by atoms with Gasteiger partial charge in [0.1, 0.15) is 17.3 Å². The third-order valence-corrected chi connectivity index (χ3v) is 8.86. The van der Waals surface area contributed by atoms with Crippen molar-refractivity contribution in [1.29, 1.82) is 0 Å². The molecule has 43 heavy (non-hydrogen) atoms. The molecule has 0 bridgehead atoms. The Bertz CT molecular complexity index is 1010. The predicted octanol–water partition coefficient (Wildman–Crippen LogP) is 9.94. The number of thiol groups is 1. The molecule has 2 rings (SSSR count). The quantitative estimate of drug-likeness (QED) is 0.0396. The fourth-order valence-corrected chi connectivity index (χ4v) is 5.64. The van der Waals surface area contributed by atoms with E-state index in [4.69, 9.17) is 17.7 Å². The Morgan fingerprint density at radius 2 is 1.12 bits per heavy atom. The zero-order valence-electron chi connectivity index (χ0n) is 26.0. The Hall–Kier alpha value is -1.71. The first kappa shape index (κ1) is 39.3. The minimum absolute atomic E-state index is 0.855. The van der Waals surface area contributed by atoms with Gasteiger partial charge in [-0.2, -0.15) is 13.2 Å². The minimum atomic E-state index is -6.09. The van der Waals surface area contributed by atoms with Crippen LogP contribution in [0.4, 0.5) is 13.2 Å². The lowest BCUT2D eigenvalue weighted by atomic mass is 10.0. The molecule has 2 aromatic rings. The van der Waals surface area contributed by atoms with Crippen LogP contribution in [0.15, 0.2) is 54.6 Å². The molecule has 0 aromatic heterocycles. The van der Waals surface area contributed by atoms with Gasteiger partial charge in [0, 0.05) is 12.0 Å². The second-order valence-electron chi connectivity index (χ2n) is 11.0. The molecule has 0 saturated carbocycles. The van der Waals surface area contributed by atoms with Crippen LogP contribution >= 0.6 is 0 Å². The van der Waals surface area contributed by atoms with Crippen LogP contribution in [-0.2, 0) is 34.1 Å². The number of hydrogen-bond donors (Lipinski definition) is 0. The number of halogens is 3. The fraction of sp³-hybridized carbons (Fsp3) is 0.647. The van der Waals surface area contributed by atoms with Crippen molar-refractivity contribution >= 4 is 21.9 Å². The second-order valence-corrected chi connectivity index (χ2v) is 13.6. The molecule has 0 spiro atoms. The lowest BCUT2D eigenvalue weighted by Gasteiger charge is -2.08. The molecule has 9 heteroatoms. The molecule has 2 aromatic carbocycles. The van der Waals surface area contributed by atoms with Gasteiger partial charge in [0.25, 0.3) is 0 Å². The van der Waals surface area contributed by atoms with Crippen molar-refractivity contribution in [2.24, 2.45) is 0 Å². The highest BCUT2D eigenvalue weighted by atomic mass is 32.2. The maximum absolute atomic E-state index is 10.7. The Morgan fingerprint density at radius 1 is 0.674 bits per heavy atom. The fourth-order valence-electron chi connectivity index (χ4n) is 4.59. The van der Waals surface area contributed by atoms with Gasteiger partial charge in [0.15, 0.2) is 10.1 Å². The topological polar surface area (TPSA) is 66.4 Å². The van der Waals surface area contributed by atoms with Crippen LogP contribution in [0.3, 0.4) is 0 Å². The van der Waals surface area contributed by atoms with Crippen LogP contribution in [0, 0.1) is 0 Å². The summed E-state index contributed by atoms with van der Waals surface area (Å²) in [5.74, 6) is 3.40. The Balaban J connectivity index is 0.00000101. The summed E-state index contributed by atoms with van der Waals surface area (Å²) in [6, 6.07) is 19.6. The molecule has 4 nitrogen and oxygen atoms in total. The van der Waals surface area contributed by atoms with Crippen molar-refractivity contribution in [3.05, 3.63) is 65.7 Å². The monoisotopic (exact) mass is 646 g/mol. The van der Waals surface area contributed by atoms with Crippen molar-refractivity contribution < 1.29 is 30.9 Å². The highest BCUT2D eigenvalue weighted by Crippen LogP contribution is 2.20. The van der Waals surface area contributed by atoms with E-state index in [9.17, 15) is 13.2 Å². The highest BCUT2D eigenvalue weighted by Gasteiger charge is 2.36. The van der Waals surface area contributed by atoms with Crippen LogP contribution in [-0.4, -0.2) is 30.8 Å². The molecule has 0 atom stereocenters. The summed E-state index contributed by atoms with van der Waals surface area (Å²) in [5, 5.41) is 0. The lowest BCUT2D eigenvalue weighted by Crippen LogP contribution is -2.21. The van der Waals surface area contributed by atoms with Gasteiger partial charge < -0.3 is 9.29 Å². The van der Waals surface area contributed by atoms with Crippen LogP contribution in [0.25, 0.3) is 0 Å². The van der Waals surface area contributed by atoms with E-state index in [1.807, 2.05) is 0 Å². The van der Waals surface area contributed by atoms with Crippen LogP contribution in [0.5, 0.6) is 5.75 Å². The maximum Gasteiger partial charge on any atom is 0.485 e. The van der Waals surface area contributed by atoms with Crippen LogP contribution < -0.4 is 4.74 Å². The number of hydrogen-bond acceptors (Lipinski definition) is 4. The third kappa shape index (κ3) is 22.5. The van der Waals surface area contributed by atoms with E-state index in [1.165, 1.54) is 131 Å².